The molecule has 0 amide bonds. The van der Waals surface area contributed by atoms with Gasteiger partial charge in [-0.2, -0.15) is 0 Å². The van der Waals surface area contributed by atoms with Gasteiger partial charge >= 0.3 is 5.97 Å². The summed E-state index contributed by atoms with van der Waals surface area (Å²) in [4.78, 5) is 14.9. The molecule has 1 N–H and O–H groups in total. The Morgan fingerprint density at radius 1 is 1.10 bits per heavy atom. The van der Waals surface area contributed by atoms with Crippen molar-refractivity contribution in [3.8, 4) is 5.75 Å². The van der Waals surface area contributed by atoms with Crippen molar-refractivity contribution in [3.63, 3.8) is 0 Å². The standard InChI is InChI=1S/C23H26N2O4S/c1-15-8-10-18(11-9-15)25-16(2)20(22(26)29-13-12-27-3)21(24-23(25)30)17-6-5-7-19(14-17)28-4/h5-11,14,21H,12-13H2,1-4H3,(H,24,30). The lowest BCUT2D eigenvalue weighted by Crippen LogP contribution is -2.48. The Morgan fingerprint density at radius 2 is 1.83 bits per heavy atom. The predicted molar refractivity (Wildman–Crippen MR) is 121 cm³/mol. The fourth-order valence-electron chi connectivity index (χ4n) is 3.38. The van der Waals surface area contributed by atoms with Crippen molar-refractivity contribution < 1.29 is 19.0 Å². The number of carbonyl (C=O) groups is 1. The molecule has 0 radical (unpaired) electrons. The second-order valence-electron chi connectivity index (χ2n) is 6.96. The van der Waals surface area contributed by atoms with Gasteiger partial charge in [0.05, 0.1) is 25.3 Å². The second kappa shape index (κ2) is 9.73. The number of carbonyl (C=O) groups excluding carboxylic acids is 1. The number of rotatable bonds is 7. The maximum absolute atomic E-state index is 13.1. The van der Waals surface area contributed by atoms with E-state index < -0.39 is 12.0 Å². The monoisotopic (exact) mass is 426 g/mol. The van der Waals surface area contributed by atoms with Crippen LogP contribution in [0.15, 0.2) is 59.8 Å². The minimum atomic E-state index is -0.454. The number of thiocarbonyl (C=S) groups is 1. The number of aryl methyl sites for hydroxylation is 1. The van der Waals surface area contributed by atoms with Crippen LogP contribution in [0.2, 0.25) is 0 Å². The lowest BCUT2D eigenvalue weighted by Gasteiger charge is -2.37. The molecule has 0 aliphatic carbocycles. The average Bonchev–Trinajstić information content (AvgIpc) is 2.74. The highest BCUT2D eigenvalue weighted by atomic mass is 32.1. The molecular weight excluding hydrogens is 400 g/mol. The molecule has 0 aromatic heterocycles. The molecule has 30 heavy (non-hydrogen) atoms. The van der Waals surface area contributed by atoms with Crippen molar-refractivity contribution in [2.75, 3.05) is 32.3 Å². The van der Waals surface area contributed by atoms with Gasteiger partial charge in [-0.1, -0.05) is 29.8 Å². The number of nitrogens with one attached hydrogen (secondary N) is 1. The summed E-state index contributed by atoms with van der Waals surface area (Å²) in [6, 6.07) is 15.1. The van der Waals surface area contributed by atoms with Gasteiger partial charge in [-0.05, 0) is 55.9 Å². The first-order valence-electron chi connectivity index (χ1n) is 9.64. The fraction of sp³-hybridized carbons (Fsp3) is 0.304. The molecule has 0 bridgehead atoms. The number of nitrogens with zero attached hydrogens (tertiary/aromatic N) is 1. The number of benzene rings is 2. The lowest BCUT2D eigenvalue weighted by atomic mass is 9.94. The predicted octanol–water partition coefficient (Wildman–Crippen LogP) is 3.90. The first kappa shape index (κ1) is 21.8. The Balaban J connectivity index is 2.07. The first-order valence-corrected chi connectivity index (χ1v) is 10.0. The normalized spacial score (nSPS) is 16.3. The summed E-state index contributed by atoms with van der Waals surface area (Å²) in [5.74, 6) is 0.287. The third kappa shape index (κ3) is 4.63. The highest BCUT2D eigenvalue weighted by molar-refractivity contribution is 7.80. The Labute approximate surface area is 182 Å². The van der Waals surface area contributed by atoms with Crippen LogP contribution in [0, 0.1) is 6.92 Å². The van der Waals surface area contributed by atoms with Crippen molar-refractivity contribution in [1.82, 2.24) is 5.32 Å². The van der Waals surface area contributed by atoms with Gasteiger partial charge in [-0.15, -0.1) is 0 Å². The molecule has 1 heterocycles. The summed E-state index contributed by atoms with van der Waals surface area (Å²) in [6.45, 7) is 4.41. The molecule has 6 nitrogen and oxygen atoms in total. The molecule has 2 aromatic rings. The van der Waals surface area contributed by atoms with Gasteiger partial charge in [0.2, 0.25) is 0 Å². The van der Waals surface area contributed by atoms with Crippen LogP contribution in [0.5, 0.6) is 5.75 Å². The summed E-state index contributed by atoms with van der Waals surface area (Å²) in [7, 11) is 3.18. The molecule has 7 heteroatoms. The number of methoxy groups -OCH3 is 2. The van der Waals surface area contributed by atoms with Gasteiger partial charge in [-0.3, -0.25) is 4.90 Å². The Kier molecular flexibility index (Phi) is 7.07. The molecule has 1 aliphatic rings. The molecule has 3 rings (SSSR count). The fourth-order valence-corrected chi connectivity index (χ4v) is 3.74. The summed E-state index contributed by atoms with van der Waals surface area (Å²) < 4.78 is 15.8. The number of allylic oxidation sites excluding steroid dienone is 1. The molecule has 0 saturated carbocycles. The molecule has 1 aliphatic heterocycles. The summed E-state index contributed by atoms with van der Waals surface area (Å²) in [5, 5.41) is 3.82. The van der Waals surface area contributed by atoms with E-state index in [4.69, 9.17) is 26.4 Å². The van der Waals surface area contributed by atoms with Crippen molar-refractivity contribution in [3.05, 3.63) is 70.9 Å². The van der Waals surface area contributed by atoms with Gasteiger partial charge in [-0.25, -0.2) is 4.79 Å². The van der Waals surface area contributed by atoms with Gasteiger partial charge in [0.15, 0.2) is 5.11 Å². The zero-order valence-corrected chi connectivity index (χ0v) is 18.4. The van der Waals surface area contributed by atoms with Gasteiger partial charge in [0, 0.05) is 18.5 Å². The molecule has 1 unspecified atom stereocenters. The Hall–Kier alpha value is -2.90. The molecule has 1 atom stereocenters. The van der Waals surface area contributed by atoms with E-state index in [0.717, 1.165) is 22.5 Å². The van der Waals surface area contributed by atoms with Crippen LogP contribution in [0.25, 0.3) is 0 Å². The molecular formula is C23H26N2O4S. The van der Waals surface area contributed by atoms with E-state index in [1.54, 1.807) is 14.2 Å². The largest absolute Gasteiger partial charge is 0.497 e. The van der Waals surface area contributed by atoms with E-state index in [9.17, 15) is 4.79 Å². The number of esters is 1. The molecule has 2 aromatic carbocycles. The van der Waals surface area contributed by atoms with E-state index in [2.05, 4.69) is 5.32 Å². The van der Waals surface area contributed by atoms with Gasteiger partial charge in [0.25, 0.3) is 0 Å². The molecule has 0 saturated heterocycles. The highest BCUT2D eigenvalue weighted by Crippen LogP contribution is 2.35. The van der Waals surface area contributed by atoms with Gasteiger partial charge in [0.1, 0.15) is 12.4 Å². The highest BCUT2D eigenvalue weighted by Gasteiger charge is 2.35. The van der Waals surface area contributed by atoms with Crippen LogP contribution in [-0.4, -0.2) is 38.5 Å². The number of hydrogen-bond donors (Lipinski definition) is 1. The van der Waals surface area contributed by atoms with Gasteiger partial charge < -0.3 is 19.5 Å². The molecule has 0 spiro atoms. The Morgan fingerprint density at radius 3 is 2.50 bits per heavy atom. The average molecular weight is 427 g/mol. The first-order chi connectivity index (χ1) is 14.5. The van der Waals surface area contributed by atoms with E-state index in [1.165, 1.54) is 0 Å². The second-order valence-corrected chi connectivity index (χ2v) is 7.34. The van der Waals surface area contributed by atoms with Crippen molar-refractivity contribution in [2.24, 2.45) is 0 Å². The molecule has 158 valence electrons. The minimum absolute atomic E-state index is 0.173. The smallest absolute Gasteiger partial charge is 0.338 e. The van der Waals surface area contributed by atoms with Crippen molar-refractivity contribution >= 4 is 29.0 Å². The van der Waals surface area contributed by atoms with Crippen LogP contribution >= 0.6 is 12.2 Å². The van der Waals surface area contributed by atoms with Crippen LogP contribution in [0.4, 0.5) is 5.69 Å². The third-order valence-electron chi connectivity index (χ3n) is 4.94. The zero-order valence-electron chi connectivity index (χ0n) is 17.6. The van der Waals surface area contributed by atoms with Crippen LogP contribution in [0.1, 0.15) is 24.1 Å². The Bertz CT molecular complexity index is 956. The summed E-state index contributed by atoms with van der Waals surface area (Å²) in [6.07, 6.45) is 0. The van der Waals surface area contributed by atoms with E-state index >= 15 is 0 Å². The third-order valence-corrected chi connectivity index (χ3v) is 5.25. The maximum atomic E-state index is 13.1. The topological polar surface area (TPSA) is 60.0 Å². The van der Waals surface area contributed by atoms with Crippen LogP contribution in [-0.2, 0) is 14.3 Å². The van der Waals surface area contributed by atoms with E-state index in [-0.39, 0.29) is 6.61 Å². The maximum Gasteiger partial charge on any atom is 0.338 e. The summed E-state index contributed by atoms with van der Waals surface area (Å²) in [5.41, 5.74) is 4.09. The van der Waals surface area contributed by atoms with E-state index in [1.807, 2.05) is 67.3 Å². The number of anilines is 1. The zero-order chi connectivity index (χ0) is 21.7. The van der Waals surface area contributed by atoms with Crippen molar-refractivity contribution in [2.45, 2.75) is 19.9 Å². The lowest BCUT2D eigenvalue weighted by molar-refractivity contribution is -0.140. The quantitative estimate of drug-likeness (QED) is 0.409. The molecule has 0 fully saturated rings. The summed E-state index contributed by atoms with van der Waals surface area (Å²) >= 11 is 5.68. The van der Waals surface area contributed by atoms with Crippen LogP contribution < -0.4 is 15.0 Å². The number of hydrogen-bond acceptors (Lipinski definition) is 5. The van der Waals surface area contributed by atoms with Crippen LogP contribution in [0.3, 0.4) is 0 Å². The number of ether oxygens (including phenoxy) is 3. The van der Waals surface area contributed by atoms with E-state index in [0.29, 0.717) is 23.0 Å². The minimum Gasteiger partial charge on any atom is -0.497 e. The SMILES string of the molecule is COCCOC(=O)C1=C(C)N(c2ccc(C)cc2)C(=S)NC1c1cccc(OC)c1. The van der Waals surface area contributed by atoms with Crippen molar-refractivity contribution in [1.29, 1.82) is 0 Å².